The fraction of sp³-hybridized carbons (Fsp3) is 0.533. The fourth-order valence-electron chi connectivity index (χ4n) is 2.17. The van der Waals surface area contributed by atoms with E-state index in [1.807, 2.05) is 13.8 Å². The highest BCUT2D eigenvalue weighted by molar-refractivity contribution is 9.08. The molecular formula is C15H20BrNO2. The molecule has 1 aromatic rings. The van der Waals surface area contributed by atoms with E-state index in [9.17, 15) is 4.79 Å². The Labute approximate surface area is 123 Å². The van der Waals surface area contributed by atoms with E-state index in [0.29, 0.717) is 19.1 Å². The molecule has 4 heteroatoms. The normalized spacial score (nSPS) is 14.4. The molecule has 0 aliphatic carbocycles. The van der Waals surface area contributed by atoms with Crippen LogP contribution in [0.5, 0.6) is 0 Å². The lowest BCUT2D eigenvalue weighted by molar-refractivity contribution is 0.0879. The Morgan fingerprint density at radius 2 is 2.21 bits per heavy atom. The number of nitrogens with zero attached hydrogens (tertiary/aromatic N) is 1. The zero-order valence-electron chi connectivity index (χ0n) is 11.5. The van der Waals surface area contributed by atoms with Crippen LogP contribution in [0.1, 0.15) is 30.5 Å². The van der Waals surface area contributed by atoms with E-state index >= 15 is 0 Å². The first-order valence-corrected chi connectivity index (χ1v) is 7.80. The maximum atomic E-state index is 11.9. The van der Waals surface area contributed by atoms with Crippen molar-refractivity contribution < 1.29 is 9.53 Å². The molecule has 1 aromatic carbocycles. The predicted octanol–water partition coefficient (Wildman–Crippen LogP) is 3.73. The van der Waals surface area contributed by atoms with Crippen LogP contribution in [-0.2, 0) is 23.0 Å². The molecule has 0 saturated heterocycles. The lowest BCUT2D eigenvalue weighted by atomic mass is 9.98. The van der Waals surface area contributed by atoms with Crippen molar-refractivity contribution in [1.82, 2.24) is 4.90 Å². The van der Waals surface area contributed by atoms with Gasteiger partial charge in [-0.25, -0.2) is 4.79 Å². The predicted molar refractivity (Wildman–Crippen MR) is 79.4 cm³/mol. The van der Waals surface area contributed by atoms with Gasteiger partial charge in [-0.15, -0.1) is 0 Å². The summed E-state index contributed by atoms with van der Waals surface area (Å²) in [6.45, 7) is 5.98. The van der Waals surface area contributed by atoms with E-state index in [1.54, 1.807) is 4.90 Å². The number of halogens is 1. The molecule has 0 fully saturated rings. The van der Waals surface area contributed by atoms with Crippen LogP contribution in [0.4, 0.5) is 4.79 Å². The molecule has 0 unspecified atom stereocenters. The number of alkyl halides is 1. The quantitative estimate of drug-likeness (QED) is 0.792. The largest absolute Gasteiger partial charge is 0.449 e. The first-order chi connectivity index (χ1) is 9.10. The molecule has 0 atom stereocenters. The maximum Gasteiger partial charge on any atom is 0.410 e. The van der Waals surface area contributed by atoms with E-state index in [1.165, 1.54) is 16.7 Å². The number of carbonyl (C=O) groups excluding carboxylic acids is 1. The third-order valence-electron chi connectivity index (χ3n) is 3.24. The number of carbonyl (C=O) groups is 1. The second-order valence-corrected chi connectivity index (χ2v) is 5.94. The van der Waals surface area contributed by atoms with Crippen LogP contribution in [0.2, 0.25) is 0 Å². The lowest BCUT2D eigenvalue weighted by Crippen LogP contribution is -2.36. The van der Waals surface area contributed by atoms with Crippen molar-refractivity contribution in [3.63, 3.8) is 0 Å². The van der Waals surface area contributed by atoms with Gasteiger partial charge >= 0.3 is 6.09 Å². The Balaban J connectivity index is 2.00. The Morgan fingerprint density at radius 3 is 2.89 bits per heavy atom. The van der Waals surface area contributed by atoms with Crippen molar-refractivity contribution in [1.29, 1.82) is 0 Å². The van der Waals surface area contributed by atoms with Crippen LogP contribution in [0.15, 0.2) is 18.2 Å². The summed E-state index contributed by atoms with van der Waals surface area (Å²) in [5.74, 6) is 0.377. The van der Waals surface area contributed by atoms with Gasteiger partial charge in [-0.2, -0.15) is 0 Å². The minimum Gasteiger partial charge on any atom is -0.449 e. The summed E-state index contributed by atoms with van der Waals surface area (Å²) in [6, 6.07) is 6.45. The average Bonchev–Trinajstić information content (AvgIpc) is 2.43. The molecule has 0 spiro atoms. The second kappa shape index (κ2) is 6.42. The molecule has 0 N–H and O–H groups in total. The summed E-state index contributed by atoms with van der Waals surface area (Å²) >= 11 is 3.47. The standard InChI is InChI=1S/C15H20BrNO2/c1-11(2)10-19-15(18)17-6-5-13-7-12(8-16)3-4-14(13)9-17/h3-4,7,11H,5-6,8-10H2,1-2H3. The number of ether oxygens (including phenoxy) is 1. The average molecular weight is 326 g/mol. The van der Waals surface area contributed by atoms with Gasteiger partial charge in [0.2, 0.25) is 0 Å². The molecule has 104 valence electrons. The zero-order chi connectivity index (χ0) is 13.8. The first kappa shape index (κ1) is 14.4. The summed E-state index contributed by atoms with van der Waals surface area (Å²) in [4.78, 5) is 13.7. The number of fused-ring (bicyclic) bond motifs is 1. The fourth-order valence-corrected chi connectivity index (χ4v) is 2.52. The Bertz CT molecular complexity index is 459. The molecule has 1 aliphatic rings. The summed E-state index contributed by atoms with van der Waals surface area (Å²) in [5, 5.41) is 0.875. The topological polar surface area (TPSA) is 29.5 Å². The van der Waals surface area contributed by atoms with Gasteiger partial charge in [-0.3, -0.25) is 0 Å². The van der Waals surface area contributed by atoms with Crippen molar-refractivity contribution in [2.75, 3.05) is 13.2 Å². The van der Waals surface area contributed by atoms with E-state index in [4.69, 9.17) is 4.74 Å². The van der Waals surface area contributed by atoms with E-state index < -0.39 is 0 Å². The molecule has 0 radical (unpaired) electrons. The molecule has 2 rings (SSSR count). The molecule has 3 nitrogen and oxygen atoms in total. The summed E-state index contributed by atoms with van der Waals surface area (Å²) in [6.07, 6.45) is 0.719. The summed E-state index contributed by atoms with van der Waals surface area (Å²) in [7, 11) is 0. The lowest BCUT2D eigenvalue weighted by Gasteiger charge is -2.28. The number of hydrogen-bond donors (Lipinski definition) is 0. The van der Waals surface area contributed by atoms with Gasteiger partial charge < -0.3 is 9.64 Å². The van der Waals surface area contributed by atoms with Crippen molar-refractivity contribution in [3.8, 4) is 0 Å². The minimum atomic E-state index is -0.191. The number of hydrogen-bond acceptors (Lipinski definition) is 2. The Kier molecular flexibility index (Phi) is 4.86. The maximum absolute atomic E-state index is 11.9. The SMILES string of the molecule is CC(C)COC(=O)N1CCc2cc(CBr)ccc2C1. The van der Waals surface area contributed by atoms with Crippen molar-refractivity contribution in [2.24, 2.45) is 5.92 Å². The first-order valence-electron chi connectivity index (χ1n) is 6.68. The molecule has 1 aliphatic heterocycles. The third-order valence-corrected chi connectivity index (χ3v) is 3.88. The van der Waals surface area contributed by atoms with Crippen molar-refractivity contribution >= 4 is 22.0 Å². The molecule has 0 aromatic heterocycles. The van der Waals surface area contributed by atoms with Gasteiger partial charge in [0.1, 0.15) is 0 Å². The van der Waals surface area contributed by atoms with Gasteiger partial charge in [-0.1, -0.05) is 48.0 Å². The van der Waals surface area contributed by atoms with Crippen LogP contribution in [0.25, 0.3) is 0 Å². The van der Waals surface area contributed by atoms with E-state index in [-0.39, 0.29) is 6.09 Å². The summed E-state index contributed by atoms with van der Waals surface area (Å²) in [5.41, 5.74) is 3.87. The number of benzene rings is 1. The molecule has 19 heavy (non-hydrogen) atoms. The van der Waals surface area contributed by atoms with E-state index in [0.717, 1.165) is 18.3 Å². The van der Waals surface area contributed by atoms with Gasteiger partial charge in [0.15, 0.2) is 0 Å². The molecule has 0 bridgehead atoms. The number of rotatable bonds is 3. The van der Waals surface area contributed by atoms with Crippen molar-refractivity contribution in [3.05, 3.63) is 34.9 Å². The highest BCUT2D eigenvalue weighted by Crippen LogP contribution is 2.22. The Hall–Kier alpha value is -1.03. The smallest absolute Gasteiger partial charge is 0.410 e. The monoisotopic (exact) mass is 325 g/mol. The van der Waals surface area contributed by atoms with Crippen LogP contribution in [0.3, 0.4) is 0 Å². The van der Waals surface area contributed by atoms with Gasteiger partial charge in [0.25, 0.3) is 0 Å². The van der Waals surface area contributed by atoms with Gasteiger partial charge in [0.05, 0.1) is 6.61 Å². The van der Waals surface area contributed by atoms with Gasteiger partial charge in [-0.05, 0) is 29.0 Å². The zero-order valence-corrected chi connectivity index (χ0v) is 13.1. The van der Waals surface area contributed by atoms with Crippen LogP contribution in [-0.4, -0.2) is 24.1 Å². The third kappa shape index (κ3) is 3.72. The van der Waals surface area contributed by atoms with Crippen molar-refractivity contribution in [2.45, 2.75) is 32.1 Å². The minimum absolute atomic E-state index is 0.191. The molecule has 0 saturated carbocycles. The molecular weight excluding hydrogens is 306 g/mol. The second-order valence-electron chi connectivity index (χ2n) is 5.38. The van der Waals surface area contributed by atoms with Gasteiger partial charge in [0, 0.05) is 18.4 Å². The highest BCUT2D eigenvalue weighted by Gasteiger charge is 2.21. The Morgan fingerprint density at radius 1 is 1.42 bits per heavy atom. The summed E-state index contributed by atoms with van der Waals surface area (Å²) < 4.78 is 5.28. The molecule has 1 heterocycles. The van der Waals surface area contributed by atoms with Crippen LogP contribution >= 0.6 is 15.9 Å². The molecule has 1 amide bonds. The van der Waals surface area contributed by atoms with E-state index in [2.05, 4.69) is 34.1 Å². The highest BCUT2D eigenvalue weighted by atomic mass is 79.9. The van der Waals surface area contributed by atoms with Crippen LogP contribution < -0.4 is 0 Å². The van der Waals surface area contributed by atoms with Crippen LogP contribution in [0, 0.1) is 5.92 Å². The number of amides is 1.